The molecule has 74 valence electrons. The Hall–Kier alpha value is -1.19. The summed E-state index contributed by atoms with van der Waals surface area (Å²) in [6.45, 7) is 1.25. The quantitative estimate of drug-likeness (QED) is 0.664. The highest BCUT2D eigenvalue weighted by atomic mass is 16.5. The Morgan fingerprint density at radius 1 is 1.69 bits per heavy atom. The molecule has 1 rings (SSSR count). The SMILES string of the molecule is CO/C=C/C1CCCN(C(=O)O)C1. The minimum absolute atomic E-state index is 0.310. The van der Waals surface area contributed by atoms with E-state index in [0.29, 0.717) is 19.0 Å². The number of methoxy groups -OCH3 is 1. The number of rotatable bonds is 2. The highest BCUT2D eigenvalue weighted by Crippen LogP contribution is 2.17. The van der Waals surface area contributed by atoms with Gasteiger partial charge in [-0.2, -0.15) is 0 Å². The molecule has 1 saturated heterocycles. The Morgan fingerprint density at radius 2 is 2.46 bits per heavy atom. The normalized spacial score (nSPS) is 23.5. The molecule has 1 atom stereocenters. The van der Waals surface area contributed by atoms with Gasteiger partial charge in [0.15, 0.2) is 0 Å². The number of carbonyl (C=O) groups is 1. The van der Waals surface area contributed by atoms with Crippen molar-refractivity contribution in [2.45, 2.75) is 12.8 Å². The number of hydrogen-bond donors (Lipinski definition) is 1. The van der Waals surface area contributed by atoms with Crippen LogP contribution in [0.3, 0.4) is 0 Å². The lowest BCUT2D eigenvalue weighted by Gasteiger charge is -2.28. The Morgan fingerprint density at radius 3 is 3.08 bits per heavy atom. The fraction of sp³-hybridized carbons (Fsp3) is 0.667. The number of piperidine rings is 1. The summed E-state index contributed by atoms with van der Waals surface area (Å²) >= 11 is 0. The van der Waals surface area contributed by atoms with Gasteiger partial charge in [-0.1, -0.05) is 0 Å². The lowest BCUT2D eigenvalue weighted by Crippen LogP contribution is -2.38. The second kappa shape index (κ2) is 4.74. The first-order valence-electron chi connectivity index (χ1n) is 4.41. The van der Waals surface area contributed by atoms with Crippen molar-refractivity contribution in [2.24, 2.45) is 5.92 Å². The maximum absolute atomic E-state index is 10.6. The molecule has 0 aromatic rings. The van der Waals surface area contributed by atoms with Gasteiger partial charge in [0.05, 0.1) is 13.4 Å². The summed E-state index contributed by atoms with van der Waals surface area (Å²) < 4.78 is 4.79. The molecule has 0 spiro atoms. The van der Waals surface area contributed by atoms with E-state index in [1.54, 1.807) is 13.4 Å². The van der Waals surface area contributed by atoms with Crippen molar-refractivity contribution in [3.05, 3.63) is 12.3 Å². The molecule has 1 aliphatic rings. The van der Waals surface area contributed by atoms with E-state index >= 15 is 0 Å². The molecule has 0 aromatic carbocycles. The Labute approximate surface area is 77.8 Å². The second-order valence-electron chi connectivity index (χ2n) is 3.20. The first-order chi connectivity index (χ1) is 6.24. The van der Waals surface area contributed by atoms with Crippen LogP contribution in [0.5, 0.6) is 0 Å². The fourth-order valence-electron chi connectivity index (χ4n) is 1.53. The fourth-order valence-corrected chi connectivity index (χ4v) is 1.53. The van der Waals surface area contributed by atoms with E-state index in [4.69, 9.17) is 9.84 Å². The molecule has 1 fully saturated rings. The average molecular weight is 185 g/mol. The van der Waals surface area contributed by atoms with Crippen LogP contribution in [0.1, 0.15) is 12.8 Å². The summed E-state index contributed by atoms with van der Waals surface area (Å²) in [6.07, 6.45) is 4.70. The van der Waals surface area contributed by atoms with E-state index < -0.39 is 6.09 Å². The van der Waals surface area contributed by atoms with Gasteiger partial charge in [0.2, 0.25) is 0 Å². The Bertz CT molecular complexity index is 203. The topological polar surface area (TPSA) is 49.8 Å². The van der Waals surface area contributed by atoms with Crippen molar-refractivity contribution < 1.29 is 14.6 Å². The first kappa shape index (κ1) is 9.89. The third kappa shape index (κ3) is 2.97. The zero-order valence-corrected chi connectivity index (χ0v) is 7.77. The maximum atomic E-state index is 10.6. The molecule has 0 radical (unpaired) electrons. The highest BCUT2D eigenvalue weighted by Gasteiger charge is 2.21. The third-order valence-electron chi connectivity index (χ3n) is 2.22. The van der Waals surface area contributed by atoms with Crippen LogP contribution >= 0.6 is 0 Å². The van der Waals surface area contributed by atoms with Crippen LogP contribution in [0, 0.1) is 5.92 Å². The molecule has 4 nitrogen and oxygen atoms in total. The van der Waals surface area contributed by atoms with Gasteiger partial charge in [-0.3, -0.25) is 0 Å². The van der Waals surface area contributed by atoms with Gasteiger partial charge in [-0.25, -0.2) is 4.79 Å². The summed E-state index contributed by atoms with van der Waals surface area (Å²) in [4.78, 5) is 12.1. The predicted octanol–water partition coefficient (Wildman–Crippen LogP) is 1.54. The standard InChI is InChI=1S/C9H15NO3/c1-13-6-4-8-3-2-5-10(7-8)9(11)12/h4,6,8H,2-3,5,7H2,1H3,(H,11,12)/b6-4+. The molecule has 0 aliphatic carbocycles. The van der Waals surface area contributed by atoms with Gasteiger partial charge in [0.1, 0.15) is 0 Å². The van der Waals surface area contributed by atoms with Crippen molar-refractivity contribution in [3.8, 4) is 0 Å². The summed E-state index contributed by atoms with van der Waals surface area (Å²) in [6, 6.07) is 0. The van der Waals surface area contributed by atoms with E-state index in [1.807, 2.05) is 6.08 Å². The molecule has 1 unspecified atom stereocenters. The number of hydrogen-bond acceptors (Lipinski definition) is 2. The zero-order chi connectivity index (χ0) is 9.68. The highest BCUT2D eigenvalue weighted by molar-refractivity contribution is 5.65. The molecule has 1 aliphatic heterocycles. The van der Waals surface area contributed by atoms with Crippen molar-refractivity contribution >= 4 is 6.09 Å². The van der Waals surface area contributed by atoms with Crippen molar-refractivity contribution in [1.82, 2.24) is 4.90 Å². The maximum Gasteiger partial charge on any atom is 0.407 e. The van der Waals surface area contributed by atoms with E-state index in [9.17, 15) is 4.79 Å². The van der Waals surface area contributed by atoms with Crippen molar-refractivity contribution in [1.29, 1.82) is 0 Å². The van der Waals surface area contributed by atoms with Crippen molar-refractivity contribution in [2.75, 3.05) is 20.2 Å². The van der Waals surface area contributed by atoms with Gasteiger partial charge in [0.25, 0.3) is 0 Å². The third-order valence-corrected chi connectivity index (χ3v) is 2.22. The van der Waals surface area contributed by atoms with Crippen LogP contribution in [0.4, 0.5) is 4.79 Å². The lowest BCUT2D eigenvalue weighted by molar-refractivity contribution is 0.126. The Kier molecular flexibility index (Phi) is 3.61. The van der Waals surface area contributed by atoms with E-state index in [-0.39, 0.29) is 0 Å². The summed E-state index contributed by atoms with van der Waals surface area (Å²) in [5.41, 5.74) is 0. The first-order valence-corrected chi connectivity index (χ1v) is 4.41. The van der Waals surface area contributed by atoms with Crippen LogP contribution in [0.2, 0.25) is 0 Å². The molecular weight excluding hydrogens is 170 g/mol. The smallest absolute Gasteiger partial charge is 0.407 e. The molecule has 4 heteroatoms. The summed E-state index contributed by atoms with van der Waals surface area (Å²) in [5, 5.41) is 8.75. The van der Waals surface area contributed by atoms with Crippen LogP contribution in [-0.4, -0.2) is 36.3 Å². The predicted molar refractivity (Wildman–Crippen MR) is 48.5 cm³/mol. The van der Waals surface area contributed by atoms with E-state index in [2.05, 4.69) is 0 Å². The van der Waals surface area contributed by atoms with Crippen LogP contribution in [-0.2, 0) is 4.74 Å². The summed E-state index contributed by atoms with van der Waals surface area (Å²) in [7, 11) is 1.59. The monoisotopic (exact) mass is 185 g/mol. The lowest BCUT2D eigenvalue weighted by atomic mass is 9.99. The molecular formula is C9H15NO3. The van der Waals surface area contributed by atoms with Crippen LogP contribution in [0.15, 0.2) is 12.3 Å². The molecule has 0 aromatic heterocycles. The Balaban J connectivity index is 2.41. The minimum Gasteiger partial charge on any atom is -0.505 e. The molecule has 1 heterocycles. The van der Waals surface area contributed by atoms with Gasteiger partial charge in [-0.05, 0) is 24.8 Å². The zero-order valence-electron chi connectivity index (χ0n) is 7.77. The van der Waals surface area contributed by atoms with Crippen LogP contribution < -0.4 is 0 Å². The van der Waals surface area contributed by atoms with Gasteiger partial charge in [0, 0.05) is 13.1 Å². The van der Waals surface area contributed by atoms with E-state index in [1.165, 1.54) is 4.90 Å². The van der Waals surface area contributed by atoms with Gasteiger partial charge in [-0.15, -0.1) is 0 Å². The van der Waals surface area contributed by atoms with E-state index in [0.717, 1.165) is 12.8 Å². The van der Waals surface area contributed by atoms with Crippen molar-refractivity contribution in [3.63, 3.8) is 0 Å². The number of nitrogens with zero attached hydrogens (tertiary/aromatic N) is 1. The van der Waals surface area contributed by atoms with Gasteiger partial charge >= 0.3 is 6.09 Å². The number of carboxylic acid groups (broad SMARTS) is 1. The molecule has 1 amide bonds. The summed E-state index contributed by atoms with van der Waals surface area (Å²) in [5.74, 6) is 0.310. The second-order valence-corrected chi connectivity index (χ2v) is 3.20. The van der Waals surface area contributed by atoms with Crippen LogP contribution in [0.25, 0.3) is 0 Å². The molecule has 1 N–H and O–H groups in total. The number of likely N-dealkylation sites (tertiary alicyclic amines) is 1. The largest absolute Gasteiger partial charge is 0.505 e. The molecule has 0 bridgehead atoms. The molecule has 13 heavy (non-hydrogen) atoms. The molecule has 0 saturated carbocycles. The number of ether oxygens (including phenoxy) is 1. The number of amides is 1. The van der Waals surface area contributed by atoms with Gasteiger partial charge < -0.3 is 14.7 Å². The minimum atomic E-state index is -0.824. The average Bonchev–Trinajstić information content (AvgIpc) is 2.15.